The number of aromatic nitrogens is 3. The van der Waals surface area contributed by atoms with Gasteiger partial charge in [-0.3, -0.25) is 14.7 Å². The van der Waals surface area contributed by atoms with Gasteiger partial charge in [-0.1, -0.05) is 0 Å². The summed E-state index contributed by atoms with van der Waals surface area (Å²) in [5.41, 5.74) is -0.649. The molecule has 0 unspecified atom stereocenters. The molecule has 0 amide bonds. The zero-order valence-corrected chi connectivity index (χ0v) is 7.31. The van der Waals surface area contributed by atoms with E-state index < -0.39 is 11.1 Å². The van der Waals surface area contributed by atoms with E-state index in [9.17, 15) is 9.59 Å². The molecule has 6 heteroatoms. The van der Waals surface area contributed by atoms with Crippen LogP contribution < -0.4 is 16.3 Å². The van der Waals surface area contributed by atoms with Crippen molar-refractivity contribution in [3.8, 4) is 0 Å². The lowest BCUT2D eigenvalue weighted by Gasteiger charge is -1.92. The first-order chi connectivity index (χ1) is 6.59. The van der Waals surface area contributed by atoms with Crippen LogP contribution in [-0.2, 0) is 0 Å². The van der Waals surface area contributed by atoms with Crippen molar-refractivity contribution in [1.29, 1.82) is 0 Å². The summed E-state index contributed by atoms with van der Waals surface area (Å²) in [5, 5.41) is 11.5. The zero-order chi connectivity index (χ0) is 10.3. The SMILES string of the molecule is C/C(O)=c1/cnc2cc(=O)[nH]n2c1=O. The summed E-state index contributed by atoms with van der Waals surface area (Å²) in [6, 6.07) is 1.21. The topological polar surface area (TPSA) is 87.5 Å². The van der Waals surface area contributed by atoms with Crippen molar-refractivity contribution in [2.24, 2.45) is 0 Å². The molecular formula is C8H7N3O3. The molecule has 0 saturated heterocycles. The molecule has 0 bridgehead atoms. The van der Waals surface area contributed by atoms with Crippen LogP contribution in [0.4, 0.5) is 0 Å². The summed E-state index contributed by atoms with van der Waals surface area (Å²) in [6.07, 6.45) is 1.24. The lowest BCUT2D eigenvalue weighted by atomic mass is 10.4. The molecule has 2 N–H and O–H groups in total. The Morgan fingerprint density at radius 1 is 1.57 bits per heavy atom. The van der Waals surface area contributed by atoms with Gasteiger partial charge in [-0.2, -0.15) is 4.52 Å². The van der Waals surface area contributed by atoms with Gasteiger partial charge in [0.15, 0.2) is 5.65 Å². The molecule has 2 rings (SSSR count). The molecule has 0 aliphatic carbocycles. The Labute approximate surface area is 77.1 Å². The fraction of sp³-hybridized carbons (Fsp3) is 0.125. The average molecular weight is 193 g/mol. The third kappa shape index (κ3) is 1.08. The van der Waals surface area contributed by atoms with Crippen LogP contribution in [0.5, 0.6) is 0 Å². The van der Waals surface area contributed by atoms with E-state index in [4.69, 9.17) is 5.11 Å². The number of H-pyrrole nitrogens is 1. The second-order valence-electron chi connectivity index (χ2n) is 2.88. The number of aliphatic hydroxyl groups is 1. The van der Waals surface area contributed by atoms with Crippen LogP contribution in [-0.4, -0.2) is 19.7 Å². The number of hydrogen-bond acceptors (Lipinski definition) is 4. The minimum absolute atomic E-state index is 0.0735. The minimum Gasteiger partial charge on any atom is -0.512 e. The largest absolute Gasteiger partial charge is 0.512 e. The molecule has 0 aliphatic rings. The third-order valence-electron chi connectivity index (χ3n) is 1.86. The summed E-state index contributed by atoms with van der Waals surface area (Å²) in [5.74, 6) is -0.126. The van der Waals surface area contributed by atoms with E-state index in [1.165, 1.54) is 19.2 Å². The average Bonchev–Trinajstić information content (AvgIpc) is 2.46. The van der Waals surface area contributed by atoms with Crippen LogP contribution in [0.15, 0.2) is 21.9 Å². The van der Waals surface area contributed by atoms with Gasteiger partial charge < -0.3 is 5.11 Å². The highest BCUT2D eigenvalue weighted by molar-refractivity contribution is 5.37. The Morgan fingerprint density at radius 2 is 2.29 bits per heavy atom. The predicted octanol–water partition coefficient (Wildman–Crippen LogP) is -1.21. The van der Waals surface area contributed by atoms with E-state index in [0.717, 1.165) is 4.52 Å². The van der Waals surface area contributed by atoms with Gasteiger partial charge in [-0.25, -0.2) is 4.98 Å². The van der Waals surface area contributed by atoms with Crippen LogP contribution in [0.2, 0.25) is 0 Å². The lowest BCUT2D eigenvalue weighted by Crippen LogP contribution is -2.33. The highest BCUT2D eigenvalue weighted by atomic mass is 16.3. The van der Waals surface area contributed by atoms with Gasteiger partial charge >= 0.3 is 0 Å². The van der Waals surface area contributed by atoms with E-state index in [0.29, 0.717) is 0 Å². The Bertz CT molecular complexity index is 649. The highest BCUT2D eigenvalue weighted by Gasteiger charge is 2.03. The maximum atomic E-state index is 11.6. The normalized spacial score (nSPS) is 13.2. The van der Waals surface area contributed by atoms with E-state index in [1.807, 2.05) is 0 Å². The lowest BCUT2D eigenvalue weighted by molar-refractivity contribution is 0.497. The third-order valence-corrected chi connectivity index (χ3v) is 1.86. The predicted molar refractivity (Wildman–Crippen MR) is 49.0 cm³/mol. The molecule has 2 aromatic heterocycles. The molecule has 2 aromatic rings. The standard InChI is InChI=1S/C8H7N3O3/c1-4(12)5-3-9-6-2-7(13)10-11(6)8(5)14/h2-3,12H,1H3,(H,10,13)/b5-4+. The maximum Gasteiger partial charge on any atom is 0.283 e. The van der Waals surface area contributed by atoms with Crippen LogP contribution in [0.1, 0.15) is 6.92 Å². The first-order valence-corrected chi connectivity index (χ1v) is 3.90. The van der Waals surface area contributed by atoms with Gasteiger partial charge in [0.2, 0.25) is 0 Å². The van der Waals surface area contributed by atoms with Gasteiger partial charge in [-0.05, 0) is 6.92 Å². The molecular weight excluding hydrogens is 186 g/mol. The Hall–Kier alpha value is -2.11. The van der Waals surface area contributed by atoms with Gasteiger partial charge in [-0.15, -0.1) is 0 Å². The van der Waals surface area contributed by atoms with Crippen molar-refractivity contribution in [3.05, 3.63) is 38.2 Å². The Morgan fingerprint density at radius 3 is 2.93 bits per heavy atom. The second kappa shape index (κ2) is 2.69. The van der Waals surface area contributed by atoms with Crippen molar-refractivity contribution in [3.63, 3.8) is 0 Å². The van der Waals surface area contributed by atoms with E-state index in [1.54, 1.807) is 0 Å². The summed E-state index contributed by atoms with van der Waals surface area (Å²) < 4.78 is 0.997. The van der Waals surface area contributed by atoms with Crippen molar-refractivity contribution < 1.29 is 5.11 Å². The van der Waals surface area contributed by atoms with Crippen molar-refractivity contribution in [1.82, 2.24) is 14.6 Å². The van der Waals surface area contributed by atoms with Crippen molar-refractivity contribution >= 4 is 11.4 Å². The maximum absolute atomic E-state index is 11.6. The Balaban J connectivity index is 3.11. The molecule has 0 radical (unpaired) electrons. The number of nitrogens with one attached hydrogen (secondary N) is 1. The van der Waals surface area contributed by atoms with Crippen LogP contribution in [0.3, 0.4) is 0 Å². The first-order valence-electron chi connectivity index (χ1n) is 3.90. The molecule has 2 heterocycles. The molecule has 0 saturated carbocycles. The van der Waals surface area contributed by atoms with Crippen molar-refractivity contribution in [2.75, 3.05) is 0 Å². The second-order valence-corrected chi connectivity index (χ2v) is 2.88. The quantitative estimate of drug-likeness (QED) is 0.549. The first kappa shape index (κ1) is 8.49. The minimum atomic E-state index is -0.489. The van der Waals surface area contributed by atoms with Gasteiger partial charge in [0.1, 0.15) is 5.76 Å². The number of aliphatic hydroxyl groups excluding tert-OH is 1. The molecule has 0 atom stereocenters. The van der Waals surface area contributed by atoms with Crippen LogP contribution in [0.25, 0.3) is 11.4 Å². The summed E-state index contributed by atoms with van der Waals surface area (Å²) in [6.45, 7) is 1.38. The Kier molecular flexibility index (Phi) is 1.63. The van der Waals surface area contributed by atoms with Crippen molar-refractivity contribution in [2.45, 2.75) is 6.92 Å². The number of hydrogen-bond donors (Lipinski definition) is 2. The fourth-order valence-corrected chi connectivity index (χ4v) is 1.19. The fourth-order valence-electron chi connectivity index (χ4n) is 1.19. The van der Waals surface area contributed by atoms with Gasteiger partial charge in [0, 0.05) is 12.3 Å². The molecule has 0 fully saturated rings. The zero-order valence-electron chi connectivity index (χ0n) is 7.31. The number of aromatic amines is 1. The summed E-state index contributed by atoms with van der Waals surface area (Å²) in [7, 11) is 0. The molecule has 0 aliphatic heterocycles. The van der Waals surface area contributed by atoms with E-state index >= 15 is 0 Å². The molecule has 6 nitrogen and oxygen atoms in total. The van der Waals surface area contributed by atoms with E-state index in [-0.39, 0.29) is 16.6 Å². The van der Waals surface area contributed by atoms with Gasteiger partial charge in [0.25, 0.3) is 11.1 Å². The molecule has 14 heavy (non-hydrogen) atoms. The number of fused-ring (bicyclic) bond motifs is 1. The molecule has 0 aromatic carbocycles. The van der Waals surface area contributed by atoms with Crippen LogP contribution >= 0.6 is 0 Å². The number of nitrogens with zero attached hydrogens (tertiary/aromatic N) is 2. The number of rotatable bonds is 0. The molecule has 0 spiro atoms. The summed E-state index contributed by atoms with van der Waals surface area (Å²) >= 11 is 0. The van der Waals surface area contributed by atoms with Gasteiger partial charge in [0.05, 0.1) is 5.22 Å². The molecule has 72 valence electrons. The highest BCUT2D eigenvalue weighted by Crippen LogP contribution is 1.84. The smallest absolute Gasteiger partial charge is 0.283 e. The monoisotopic (exact) mass is 193 g/mol. The summed E-state index contributed by atoms with van der Waals surface area (Å²) in [4.78, 5) is 26.3. The van der Waals surface area contributed by atoms with E-state index in [2.05, 4.69) is 10.1 Å². The van der Waals surface area contributed by atoms with Crippen LogP contribution in [0, 0.1) is 0 Å².